The van der Waals surface area contributed by atoms with Crippen LogP contribution in [0.5, 0.6) is 0 Å². The lowest BCUT2D eigenvalue weighted by molar-refractivity contribution is 0.738. The highest BCUT2D eigenvalue weighted by molar-refractivity contribution is 6.16. The summed E-state index contributed by atoms with van der Waals surface area (Å²) < 4.78 is 2.48. The van der Waals surface area contributed by atoms with Crippen LogP contribution in [0.1, 0.15) is 20.8 Å². The fourth-order valence-corrected chi connectivity index (χ4v) is 7.25. The van der Waals surface area contributed by atoms with E-state index in [0.717, 1.165) is 22.5 Å². The Bertz CT molecular complexity index is 2180. The van der Waals surface area contributed by atoms with Crippen LogP contribution in [-0.2, 0) is 0 Å². The number of nitrogens with zero attached hydrogens (tertiary/aromatic N) is 3. The van der Waals surface area contributed by atoms with Crippen LogP contribution in [-0.4, -0.2) is 10.7 Å². The Morgan fingerprint density at radius 2 is 1.23 bits per heavy atom. The van der Waals surface area contributed by atoms with Crippen LogP contribution < -0.4 is 9.80 Å². The van der Waals surface area contributed by atoms with E-state index in [1.807, 2.05) is 6.08 Å². The Labute approximate surface area is 252 Å². The third-order valence-electron chi connectivity index (χ3n) is 9.47. The molecule has 2 aliphatic rings. The summed E-state index contributed by atoms with van der Waals surface area (Å²) in [7, 11) is 0. The number of hydrogen-bond donors (Lipinski definition) is 0. The predicted molar refractivity (Wildman–Crippen MR) is 183 cm³/mol. The molecule has 0 radical (unpaired) electrons. The summed E-state index contributed by atoms with van der Waals surface area (Å²) >= 11 is 0. The first-order valence-electron chi connectivity index (χ1n) is 14.9. The van der Waals surface area contributed by atoms with Crippen molar-refractivity contribution in [2.24, 2.45) is 0 Å². The van der Waals surface area contributed by atoms with Gasteiger partial charge in [-0.2, -0.15) is 0 Å². The summed E-state index contributed by atoms with van der Waals surface area (Å²) in [5.41, 5.74) is 15.3. The minimum atomic E-state index is -0.0184. The Balaban J connectivity index is 1.58. The van der Waals surface area contributed by atoms with E-state index >= 15 is 0 Å². The molecule has 5 aromatic carbocycles. The number of fused-ring (bicyclic) bond motifs is 9. The summed E-state index contributed by atoms with van der Waals surface area (Å²) in [6, 6.07) is 40.0. The minimum absolute atomic E-state index is 0.0184. The summed E-state index contributed by atoms with van der Waals surface area (Å²) in [4.78, 5) is 4.94. The van der Waals surface area contributed by atoms with Crippen molar-refractivity contribution in [1.82, 2.24) is 4.57 Å². The van der Waals surface area contributed by atoms with E-state index in [1.54, 1.807) is 0 Å². The van der Waals surface area contributed by atoms with Crippen LogP contribution in [0.2, 0.25) is 0 Å². The maximum absolute atomic E-state index is 4.65. The molecule has 1 atom stereocenters. The fraction of sp³-hybridized carbons (Fsp3) is 0.100. The fourth-order valence-electron chi connectivity index (χ4n) is 7.25. The highest BCUT2D eigenvalue weighted by atomic mass is 15.4. The van der Waals surface area contributed by atoms with E-state index in [0.29, 0.717) is 0 Å². The van der Waals surface area contributed by atoms with Crippen molar-refractivity contribution in [2.75, 3.05) is 9.80 Å². The largest absolute Gasteiger partial charge is 0.319 e. The topological polar surface area (TPSA) is 11.4 Å². The Morgan fingerprint density at radius 3 is 2.02 bits per heavy atom. The average Bonchev–Trinajstić information content (AvgIpc) is 3.55. The quantitative estimate of drug-likeness (QED) is 0.201. The van der Waals surface area contributed by atoms with Gasteiger partial charge in [-0.15, -0.1) is 0 Å². The van der Waals surface area contributed by atoms with Crippen molar-refractivity contribution < 1.29 is 0 Å². The van der Waals surface area contributed by atoms with E-state index in [4.69, 9.17) is 0 Å². The van der Waals surface area contributed by atoms with Crippen molar-refractivity contribution in [3.8, 4) is 27.9 Å². The van der Waals surface area contributed by atoms with Gasteiger partial charge in [0.15, 0.2) is 0 Å². The van der Waals surface area contributed by atoms with Crippen molar-refractivity contribution in [1.29, 1.82) is 0 Å². The van der Waals surface area contributed by atoms with Gasteiger partial charge in [-0.1, -0.05) is 104 Å². The zero-order valence-corrected chi connectivity index (χ0v) is 24.8. The highest BCUT2D eigenvalue weighted by Crippen LogP contribution is 2.55. The Hall–Kier alpha value is -5.28. The van der Waals surface area contributed by atoms with Gasteiger partial charge >= 0.3 is 0 Å². The van der Waals surface area contributed by atoms with E-state index in [-0.39, 0.29) is 6.17 Å². The Morgan fingerprint density at radius 1 is 0.651 bits per heavy atom. The molecule has 1 aromatic heterocycles. The summed E-state index contributed by atoms with van der Waals surface area (Å²) in [6.07, 6.45) is 1.90. The second-order valence-corrected chi connectivity index (χ2v) is 11.6. The molecule has 3 heterocycles. The number of para-hydroxylation sites is 4. The smallest absolute Gasteiger partial charge is 0.108 e. The van der Waals surface area contributed by atoms with Crippen molar-refractivity contribution in [2.45, 2.75) is 26.9 Å². The van der Waals surface area contributed by atoms with E-state index in [2.05, 4.69) is 157 Å². The zero-order chi connectivity index (χ0) is 29.4. The standard InChI is InChI=1S/C40H33N3/c1-6-25(2)26(3)27(4)41-28(5)42-38-24-14-20-34-32-18-10-12-22-36(32)43(40(34)38)35-21-11-9-17-31(35)29-15-7-8-16-30(29)33-19-13-23-37(41)39(33)42/h6-24,28H,1,4H2,2-3,5H3/b26-25-/t28-/m1/s1. The monoisotopic (exact) mass is 555 g/mol. The van der Waals surface area contributed by atoms with Gasteiger partial charge in [-0.3, -0.25) is 0 Å². The number of anilines is 3. The van der Waals surface area contributed by atoms with Crippen LogP contribution in [0.15, 0.2) is 145 Å². The van der Waals surface area contributed by atoms with Crippen LogP contribution in [0.25, 0.3) is 49.7 Å². The van der Waals surface area contributed by atoms with Gasteiger partial charge in [-0.05, 0) is 67.3 Å². The Kier molecular flexibility index (Phi) is 5.54. The molecule has 0 spiro atoms. The van der Waals surface area contributed by atoms with Crippen molar-refractivity contribution in [3.05, 3.63) is 145 Å². The summed E-state index contributed by atoms with van der Waals surface area (Å²) in [5, 5.41) is 2.50. The van der Waals surface area contributed by atoms with Gasteiger partial charge in [0, 0.05) is 27.6 Å². The molecular formula is C40H33N3. The first-order valence-corrected chi connectivity index (χ1v) is 14.9. The third-order valence-corrected chi connectivity index (χ3v) is 9.47. The average molecular weight is 556 g/mol. The van der Waals surface area contributed by atoms with Crippen LogP contribution in [0.3, 0.4) is 0 Å². The van der Waals surface area contributed by atoms with Gasteiger partial charge in [0.1, 0.15) is 6.17 Å². The molecule has 0 saturated heterocycles. The predicted octanol–water partition coefficient (Wildman–Crippen LogP) is 10.8. The molecule has 3 heteroatoms. The summed E-state index contributed by atoms with van der Waals surface area (Å²) in [5.74, 6) is 0. The van der Waals surface area contributed by atoms with Crippen LogP contribution in [0, 0.1) is 0 Å². The molecule has 0 unspecified atom stereocenters. The number of rotatable bonds is 3. The lowest BCUT2D eigenvalue weighted by Crippen LogP contribution is -2.38. The maximum atomic E-state index is 4.65. The van der Waals surface area contributed by atoms with Crippen molar-refractivity contribution >= 4 is 38.9 Å². The summed E-state index contributed by atoms with van der Waals surface area (Å²) in [6.45, 7) is 15.2. The van der Waals surface area contributed by atoms with E-state index in [1.165, 1.54) is 61.1 Å². The van der Waals surface area contributed by atoms with Gasteiger partial charge in [0.2, 0.25) is 0 Å². The van der Waals surface area contributed by atoms with Gasteiger partial charge in [0.05, 0.1) is 33.8 Å². The molecule has 0 aliphatic carbocycles. The van der Waals surface area contributed by atoms with E-state index < -0.39 is 0 Å². The molecule has 0 bridgehead atoms. The third kappa shape index (κ3) is 3.42. The molecule has 208 valence electrons. The van der Waals surface area contributed by atoms with Crippen LogP contribution in [0.4, 0.5) is 17.1 Å². The van der Waals surface area contributed by atoms with Crippen LogP contribution >= 0.6 is 0 Å². The lowest BCUT2D eigenvalue weighted by Gasteiger charge is -2.33. The molecule has 0 fully saturated rings. The van der Waals surface area contributed by atoms with Crippen molar-refractivity contribution in [3.63, 3.8) is 0 Å². The molecule has 0 N–H and O–H groups in total. The molecule has 6 aromatic rings. The number of hydrogen-bond acceptors (Lipinski definition) is 2. The molecule has 3 nitrogen and oxygen atoms in total. The second kappa shape index (κ2) is 9.37. The second-order valence-electron chi connectivity index (χ2n) is 11.6. The first-order chi connectivity index (χ1) is 21.0. The first kappa shape index (κ1) is 25.4. The molecule has 43 heavy (non-hydrogen) atoms. The SMILES string of the molecule is C=C/C(C)=C(/C)C(=C)N1c2cccc3c2N(c2cccc4c5ccccc5n(c24)-c2ccccc2-c2ccccc2-3)[C@@H]1C. The van der Waals surface area contributed by atoms with E-state index in [9.17, 15) is 0 Å². The highest BCUT2D eigenvalue weighted by Gasteiger charge is 2.39. The molecule has 0 saturated carbocycles. The zero-order valence-electron chi connectivity index (χ0n) is 24.8. The molecular weight excluding hydrogens is 522 g/mol. The lowest BCUT2D eigenvalue weighted by atomic mass is 9.91. The van der Waals surface area contributed by atoms with Gasteiger partial charge < -0.3 is 14.4 Å². The number of aromatic nitrogens is 1. The molecule has 0 amide bonds. The maximum Gasteiger partial charge on any atom is 0.108 e. The van der Waals surface area contributed by atoms with Gasteiger partial charge in [-0.25, -0.2) is 0 Å². The normalized spacial score (nSPS) is 15.6. The minimum Gasteiger partial charge on any atom is -0.319 e. The number of benzene rings is 5. The number of allylic oxidation sites excluding steroid dienone is 3. The molecule has 8 rings (SSSR count). The van der Waals surface area contributed by atoms with Gasteiger partial charge in [0.25, 0.3) is 0 Å². The molecule has 2 aliphatic heterocycles.